The van der Waals surface area contributed by atoms with Gasteiger partial charge in [0.05, 0.1) is 13.0 Å². The van der Waals surface area contributed by atoms with E-state index in [9.17, 15) is 4.79 Å². The van der Waals surface area contributed by atoms with E-state index < -0.39 is 0 Å². The van der Waals surface area contributed by atoms with Crippen LogP contribution in [0.1, 0.15) is 26.3 Å². The maximum atomic E-state index is 12.1. The van der Waals surface area contributed by atoms with Gasteiger partial charge in [-0.2, -0.15) is 0 Å². The summed E-state index contributed by atoms with van der Waals surface area (Å²) < 4.78 is 5.62. The fraction of sp³-hybridized carbons (Fsp3) is 0.562. The first-order chi connectivity index (χ1) is 9.43. The number of carbonyl (C=O) groups is 1. The molecule has 0 bridgehead atoms. The lowest BCUT2D eigenvalue weighted by atomic mass is 10.1. The molecule has 0 saturated heterocycles. The van der Waals surface area contributed by atoms with Gasteiger partial charge in [-0.25, -0.2) is 0 Å². The van der Waals surface area contributed by atoms with E-state index in [2.05, 4.69) is 13.8 Å². The molecule has 0 saturated carbocycles. The predicted octanol–water partition coefficient (Wildman–Crippen LogP) is 2.49. The van der Waals surface area contributed by atoms with Crippen molar-refractivity contribution in [3.05, 3.63) is 29.8 Å². The Morgan fingerprint density at radius 3 is 2.29 bits per heavy atom. The van der Waals surface area contributed by atoms with Crippen molar-refractivity contribution in [2.45, 2.75) is 33.2 Å². The average molecular weight is 315 g/mol. The average Bonchev–Trinajstić information content (AvgIpc) is 2.44. The van der Waals surface area contributed by atoms with Gasteiger partial charge in [0.25, 0.3) is 0 Å². The van der Waals surface area contributed by atoms with Gasteiger partial charge in [-0.3, -0.25) is 4.79 Å². The fourth-order valence-corrected chi connectivity index (χ4v) is 1.67. The molecule has 1 atom stereocenters. The van der Waals surface area contributed by atoms with E-state index in [1.807, 2.05) is 31.2 Å². The number of nitrogens with zero attached hydrogens (tertiary/aromatic N) is 1. The molecule has 0 radical (unpaired) electrons. The molecule has 0 aliphatic heterocycles. The molecule has 4 nitrogen and oxygen atoms in total. The van der Waals surface area contributed by atoms with Gasteiger partial charge in [0.1, 0.15) is 5.75 Å². The first-order valence-electron chi connectivity index (χ1n) is 7.11. The second-order valence-corrected chi connectivity index (χ2v) is 5.61. The zero-order valence-electron chi connectivity index (χ0n) is 13.3. The molecule has 0 aromatic heterocycles. The molecule has 1 unspecified atom stereocenters. The summed E-state index contributed by atoms with van der Waals surface area (Å²) in [4.78, 5) is 13.7. The molecule has 1 amide bonds. The van der Waals surface area contributed by atoms with Gasteiger partial charge in [-0.05, 0) is 30.5 Å². The number of hydrogen-bond acceptors (Lipinski definition) is 3. The van der Waals surface area contributed by atoms with Crippen molar-refractivity contribution in [1.29, 1.82) is 0 Å². The van der Waals surface area contributed by atoms with Crippen molar-refractivity contribution in [3.63, 3.8) is 0 Å². The molecule has 0 aliphatic rings. The van der Waals surface area contributed by atoms with Gasteiger partial charge in [0.2, 0.25) is 5.91 Å². The SMILES string of the molecule is CC(C)COc1ccc(CC(=O)N(C)C(C)CN)cc1.Cl. The molecule has 1 rings (SSSR count). The smallest absolute Gasteiger partial charge is 0.227 e. The number of nitrogens with two attached hydrogens (primary N) is 1. The second kappa shape index (κ2) is 9.64. The van der Waals surface area contributed by atoms with Crippen LogP contribution in [-0.2, 0) is 11.2 Å². The van der Waals surface area contributed by atoms with E-state index in [1.54, 1.807) is 11.9 Å². The predicted molar refractivity (Wildman–Crippen MR) is 89.0 cm³/mol. The van der Waals surface area contributed by atoms with Gasteiger partial charge >= 0.3 is 0 Å². The van der Waals surface area contributed by atoms with Gasteiger partial charge in [0, 0.05) is 19.6 Å². The number of hydrogen-bond donors (Lipinski definition) is 1. The largest absolute Gasteiger partial charge is 0.493 e. The highest BCUT2D eigenvalue weighted by atomic mass is 35.5. The molecule has 2 N–H and O–H groups in total. The molecule has 5 heteroatoms. The van der Waals surface area contributed by atoms with Crippen LogP contribution in [-0.4, -0.2) is 37.0 Å². The number of ether oxygens (including phenoxy) is 1. The van der Waals surface area contributed by atoms with Crippen LogP contribution in [0.25, 0.3) is 0 Å². The molecular formula is C16H27ClN2O2. The zero-order chi connectivity index (χ0) is 15.1. The maximum Gasteiger partial charge on any atom is 0.227 e. The summed E-state index contributed by atoms with van der Waals surface area (Å²) in [6.45, 7) is 7.35. The Morgan fingerprint density at radius 2 is 1.81 bits per heavy atom. The quantitative estimate of drug-likeness (QED) is 0.841. The summed E-state index contributed by atoms with van der Waals surface area (Å²) in [6.07, 6.45) is 0.394. The van der Waals surface area contributed by atoms with Crippen molar-refractivity contribution >= 4 is 18.3 Å². The first-order valence-corrected chi connectivity index (χ1v) is 7.11. The molecular weight excluding hydrogens is 288 g/mol. The lowest BCUT2D eigenvalue weighted by Gasteiger charge is -2.23. The first kappa shape index (κ1) is 19.7. The van der Waals surface area contributed by atoms with Crippen molar-refractivity contribution in [2.75, 3.05) is 20.2 Å². The summed E-state index contributed by atoms with van der Waals surface area (Å²) in [7, 11) is 1.79. The molecule has 120 valence electrons. The van der Waals surface area contributed by atoms with E-state index in [1.165, 1.54) is 0 Å². The summed E-state index contributed by atoms with van der Waals surface area (Å²) in [5.41, 5.74) is 6.56. The summed E-state index contributed by atoms with van der Waals surface area (Å²) in [6, 6.07) is 7.77. The number of amides is 1. The van der Waals surface area contributed by atoms with Crippen LogP contribution in [0.15, 0.2) is 24.3 Å². The third kappa shape index (κ3) is 6.82. The molecule has 0 spiro atoms. The standard InChI is InChI=1S/C16H26N2O2.ClH/c1-12(2)11-20-15-7-5-14(6-8-15)9-16(19)18(4)13(3)10-17;/h5-8,12-13H,9-11,17H2,1-4H3;1H. The summed E-state index contributed by atoms with van der Waals surface area (Å²) in [5.74, 6) is 1.43. The van der Waals surface area contributed by atoms with Crippen LogP contribution in [0.3, 0.4) is 0 Å². The topological polar surface area (TPSA) is 55.6 Å². The number of rotatable bonds is 7. The van der Waals surface area contributed by atoms with Crippen molar-refractivity contribution in [2.24, 2.45) is 11.7 Å². The minimum absolute atomic E-state index is 0. The number of carbonyl (C=O) groups excluding carboxylic acids is 1. The fourth-order valence-electron chi connectivity index (χ4n) is 1.67. The monoisotopic (exact) mass is 314 g/mol. The van der Waals surface area contributed by atoms with Gasteiger partial charge in [0.15, 0.2) is 0 Å². The third-order valence-electron chi connectivity index (χ3n) is 3.26. The number of benzene rings is 1. The van der Waals surface area contributed by atoms with Crippen molar-refractivity contribution < 1.29 is 9.53 Å². The minimum atomic E-state index is 0. The van der Waals surface area contributed by atoms with Crippen LogP contribution in [0.2, 0.25) is 0 Å². The summed E-state index contributed by atoms with van der Waals surface area (Å²) in [5, 5.41) is 0. The van der Waals surface area contributed by atoms with Gasteiger partial charge in [-0.1, -0.05) is 26.0 Å². The highest BCUT2D eigenvalue weighted by molar-refractivity contribution is 5.85. The van der Waals surface area contributed by atoms with E-state index in [-0.39, 0.29) is 24.4 Å². The lowest BCUT2D eigenvalue weighted by Crippen LogP contribution is -2.40. The molecule has 0 fully saturated rings. The van der Waals surface area contributed by atoms with Crippen LogP contribution < -0.4 is 10.5 Å². The van der Waals surface area contributed by atoms with Crippen LogP contribution in [0.5, 0.6) is 5.75 Å². The Balaban J connectivity index is 0.00000400. The second-order valence-electron chi connectivity index (χ2n) is 5.61. The van der Waals surface area contributed by atoms with Gasteiger partial charge in [-0.15, -0.1) is 12.4 Å². The van der Waals surface area contributed by atoms with E-state index in [4.69, 9.17) is 10.5 Å². The van der Waals surface area contributed by atoms with E-state index in [0.717, 1.165) is 11.3 Å². The molecule has 1 aromatic carbocycles. The van der Waals surface area contributed by atoms with E-state index in [0.29, 0.717) is 25.5 Å². The van der Waals surface area contributed by atoms with E-state index >= 15 is 0 Å². The normalized spacial score (nSPS) is 11.7. The molecule has 0 heterocycles. The Bertz CT molecular complexity index is 421. The van der Waals surface area contributed by atoms with Crippen molar-refractivity contribution in [3.8, 4) is 5.75 Å². The third-order valence-corrected chi connectivity index (χ3v) is 3.26. The van der Waals surface area contributed by atoms with Crippen LogP contribution >= 0.6 is 12.4 Å². The number of likely N-dealkylation sites (N-methyl/N-ethyl adjacent to an activating group) is 1. The molecule has 1 aromatic rings. The van der Waals surface area contributed by atoms with Crippen molar-refractivity contribution in [1.82, 2.24) is 4.90 Å². The number of halogens is 1. The highest BCUT2D eigenvalue weighted by Crippen LogP contribution is 2.14. The van der Waals surface area contributed by atoms with Crippen LogP contribution in [0.4, 0.5) is 0 Å². The zero-order valence-corrected chi connectivity index (χ0v) is 14.2. The summed E-state index contributed by atoms with van der Waals surface area (Å²) >= 11 is 0. The van der Waals surface area contributed by atoms with Crippen LogP contribution in [0, 0.1) is 5.92 Å². The highest BCUT2D eigenvalue weighted by Gasteiger charge is 2.14. The molecule has 21 heavy (non-hydrogen) atoms. The Hall–Kier alpha value is -1.26. The Labute approximate surface area is 134 Å². The molecule has 0 aliphatic carbocycles. The van der Waals surface area contributed by atoms with Gasteiger partial charge < -0.3 is 15.4 Å². The maximum absolute atomic E-state index is 12.1. The minimum Gasteiger partial charge on any atom is -0.493 e. The Kier molecular flexibility index (Phi) is 9.06. The lowest BCUT2D eigenvalue weighted by molar-refractivity contribution is -0.130. The Morgan fingerprint density at radius 1 is 1.24 bits per heavy atom.